The van der Waals surface area contributed by atoms with Gasteiger partial charge in [0, 0.05) is 6.42 Å². The third-order valence-electron chi connectivity index (χ3n) is 1.10. The van der Waals surface area contributed by atoms with Gasteiger partial charge in [-0.2, -0.15) is 13.2 Å². The minimum Gasteiger partial charge on any atom is -0.296 e. The molecule has 0 aromatic rings. The van der Waals surface area contributed by atoms with Gasteiger partial charge in [0.15, 0.2) is 12.0 Å². The molecule has 0 aromatic carbocycles. The van der Waals surface area contributed by atoms with Gasteiger partial charge in [-0.15, -0.1) is 0 Å². The molecule has 66 valence electrons. The SMILES string of the molecule is CC(F)C(=O)CCC(F)(F)F. The molecule has 0 amide bonds. The van der Waals surface area contributed by atoms with Gasteiger partial charge in [0.2, 0.25) is 0 Å². The van der Waals surface area contributed by atoms with Crippen LogP contribution in [0, 0.1) is 0 Å². The van der Waals surface area contributed by atoms with Crippen LogP contribution in [0.1, 0.15) is 19.8 Å². The van der Waals surface area contributed by atoms with Gasteiger partial charge in [-0.25, -0.2) is 4.39 Å². The van der Waals surface area contributed by atoms with E-state index >= 15 is 0 Å². The largest absolute Gasteiger partial charge is 0.389 e. The summed E-state index contributed by atoms with van der Waals surface area (Å²) in [7, 11) is 0. The van der Waals surface area contributed by atoms with Crippen molar-refractivity contribution in [2.75, 3.05) is 0 Å². The molecule has 1 nitrogen and oxygen atoms in total. The molecule has 0 aromatic heterocycles. The summed E-state index contributed by atoms with van der Waals surface area (Å²) in [5.41, 5.74) is 0. The Hall–Kier alpha value is -0.610. The molecule has 0 N–H and O–H groups in total. The zero-order chi connectivity index (χ0) is 9.07. The van der Waals surface area contributed by atoms with Crippen LogP contribution in [-0.4, -0.2) is 18.1 Å². The molecule has 0 rings (SSSR count). The summed E-state index contributed by atoms with van der Waals surface area (Å²) in [6, 6.07) is 0. The molecule has 0 fully saturated rings. The maximum atomic E-state index is 12.0. The molecule has 1 unspecified atom stereocenters. The average Bonchev–Trinajstić information content (AvgIpc) is 1.80. The molecule has 0 aliphatic carbocycles. The van der Waals surface area contributed by atoms with E-state index in [9.17, 15) is 22.4 Å². The second kappa shape index (κ2) is 3.69. The number of carbonyl (C=O) groups excluding carboxylic acids is 1. The summed E-state index contributed by atoms with van der Waals surface area (Å²) in [5.74, 6) is -0.998. The lowest BCUT2D eigenvalue weighted by atomic mass is 10.1. The van der Waals surface area contributed by atoms with E-state index in [1.165, 1.54) is 0 Å². The molecule has 1 atom stereocenters. The highest BCUT2D eigenvalue weighted by molar-refractivity contribution is 5.82. The van der Waals surface area contributed by atoms with Crippen LogP contribution < -0.4 is 0 Å². The molecule has 5 heteroatoms. The maximum absolute atomic E-state index is 12.0. The molecule has 0 bridgehead atoms. The monoisotopic (exact) mass is 172 g/mol. The van der Waals surface area contributed by atoms with Gasteiger partial charge in [0.25, 0.3) is 0 Å². The molecule has 11 heavy (non-hydrogen) atoms. The number of alkyl halides is 4. The van der Waals surface area contributed by atoms with Gasteiger partial charge in [-0.1, -0.05) is 0 Å². The molecule has 0 spiro atoms. The van der Waals surface area contributed by atoms with Gasteiger partial charge >= 0.3 is 6.18 Å². The van der Waals surface area contributed by atoms with Gasteiger partial charge in [0.05, 0.1) is 6.42 Å². The highest BCUT2D eigenvalue weighted by Gasteiger charge is 2.28. The zero-order valence-electron chi connectivity index (χ0n) is 5.91. The molecule has 0 heterocycles. The van der Waals surface area contributed by atoms with Gasteiger partial charge < -0.3 is 0 Å². The third kappa shape index (κ3) is 5.82. The van der Waals surface area contributed by atoms with Gasteiger partial charge in [-0.3, -0.25) is 4.79 Å². The summed E-state index contributed by atoms with van der Waals surface area (Å²) >= 11 is 0. The van der Waals surface area contributed by atoms with Crippen LogP contribution in [0.25, 0.3) is 0 Å². The quantitative estimate of drug-likeness (QED) is 0.596. The normalized spacial score (nSPS) is 14.6. The van der Waals surface area contributed by atoms with Crippen LogP contribution in [0.15, 0.2) is 0 Å². The second-order valence-corrected chi connectivity index (χ2v) is 2.20. The van der Waals surface area contributed by atoms with E-state index in [1.54, 1.807) is 0 Å². The minimum absolute atomic E-state index is 0.763. The Kier molecular flexibility index (Phi) is 3.48. The third-order valence-corrected chi connectivity index (χ3v) is 1.10. The maximum Gasteiger partial charge on any atom is 0.389 e. The Morgan fingerprint density at radius 3 is 2.18 bits per heavy atom. The fourth-order valence-corrected chi connectivity index (χ4v) is 0.464. The van der Waals surface area contributed by atoms with Crippen molar-refractivity contribution in [3.05, 3.63) is 0 Å². The van der Waals surface area contributed by atoms with E-state index in [0.717, 1.165) is 6.92 Å². The minimum atomic E-state index is -4.37. The number of hydrogen-bond donors (Lipinski definition) is 0. The van der Waals surface area contributed by atoms with E-state index in [0.29, 0.717) is 0 Å². The number of carbonyl (C=O) groups is 1. The van der Waals surface area contributed by atoms with Gasteiger partial charge in [0.1, 0.15) is 0 Å². The van der Waals surface area contributed by atoms with Crippen LogP contribution >= 0.6 is 0 Å². The lowest BCUT2D eigenvalue weighted by molar-refractivity contribution is -0.144. The van der Waals surface area contributed by atoms with Crippen LogP contribution in [0.4, 0.5) is 17.6 Å². The fourth-order valence-electron chi connectivity index (χ4n) is 0.464. The van der Waals surface area contributed by atoms with Crippen LogP contribution in [0.3, 0.4) is 0 Å². The average molecular weight is 172 g/mol. The Morgan fingerprint density at radius 2 is 1.91 bits per heavy atom. The zero-order valence-corrected chi connectivity index (χ0v) is 5.91. The molecule has 0 saturated carbocycles. The molecule has 0 radical (unpaired) electrons. The van der Waals surface area contributed by atoms with Crippen molar-refractivity contribution in [3.8, 4) is 0 Å². The number of hydrogen-bond acceptors (Lipinski definition) is 1. The van der Waals surface area contributed by atoms with E-state index in [-0.39, 0.29) is 0 Å². The summed E-state index contributed by atoms with van der Waals surface area (Å²) < 4.78 is 46.2. The molecule has 0 aliphatic heterocycles. The number of rotatable bonds is 3. The van der Waals surface area contributed by atoms with Crippen molar-refractivity contribution >= 4 is 5.78 Å². The van der Waals surface area contributed by atoms with Crippen LogP contribution in [-0.2, 0) is 4.79 Å². The van der Waals surface area contributed by atoms with Crippen molar-refractivity contribution in [1.82, 2.24) is 0 Å². The molecular formula is C6H8F4O. The highest BCUT2D eigenvalue weighted by Crippen LogP contribution is 2.21. The van der Waals surface area contributed by atoms with Crippen molar-refractivity contribution in [1.29, 1.82) is 0 Å². The summed E-state index contributed by atoms with van der Waals surface area (Å²) in [6.07, 6.45) is -8.16. The molecular weight excluding hydrogens is 164 g/mol. The van der Waals surface area contributed by atoms with E-state index in [1.807, 2.05) is 0 Å². The highest BCUT2D eigenvalue weighted by atomic mass is 19.4. The Morgan fingerprint density at radius 1 is 1.45 bits per heavy atom. The van der Waals surface area contributed by atoms with Crippen molar-refractivity contribution in [3.63, 3.8) is 0 Å². The van der Waals surface area contributed by atoms with Crippen molar-refractivity contribution in [2.45, 2.75) is 32.1 Å². The first-order chi connectivity index (χ1) is 4.83. The van der Waals surface area contributed by atoms with Crippen LogP contribution in [0.2, 0.25) is 0 Å². The van der Waals surface area contributed by atoms with E-state index in [2.05, 4.69) is 0 Å². The van der Waals surface area contributed by atoms with Gasteiger partial charge in [-0.05, 0) is 6.92 Å². The Labute approximate surface area is 61.4 Å². The predicted octanol–water partition coefficient (Wildman–Crippen LogP) is 2.26. The molecule has 0 aliphatic rings. The molecule has 0 saturated heterocycles. The number of ketones is 1. The lowest BCUT2D eigenvalue weighted by Crippen LogP contribution is -2.16. The summed E-state index contributed by atoms with van der Waals surface area (Å²) in [5, 5.41) is 0. The number of Topliss-reactive ketones (excluding diaryl/α,β-unsaturated/α-hetero) is 1. The lowest BCUT2D eigenvalue weighted by Gasteiger charge is -2.04. The first-order valence-corrected chi connectivity index (χ1v) is 3.06. The summed E-state index contributed by atoms with van der Waals surface area (Å²) in [6.45, 7) is 0.929. The van der Waals surface area contributed by atoms with Crippen LogP contribution in [0.5, 0.6) is 0 Å². The fraction of sp³-hybridized carbons (Fsp3) is 0.833. The standard InChI is InChI=1S/C6H8F4O/c1-4(7)5(11)2-3-6(8,9)10/h4H,2-3H2,1H3. The predicted molar refractivity (Wildman–Crippen MR) is 30.9 cm³/mol. The number of halogens is 4. The second-order valence-electron chi connectivity index (χ2n) is 2.20. The first kappa shape index (κ1) is 10.4. The first-order valence-electron chi connectivity index (χ1n) is 3.06. The van der Waals surface area contributed by atoms with E-state index < -0.39 is 31.0 Å². The van der Waals surface area contributed by atoms with Crippen molar-refractivity contribution in [2.24, 2.45) is 0 Å². The topological polar surface area (TPSA) is 17.1 Å². The van der Waals surface area contributed by atoms with E-state index in [4.69, 9.17) is 0 Å². The van der Waals surface area contributed by atoms with Crippen molar-refractivity contribution < 1.29 is 22.4 Å². The summed E-state index contributed by atoms with van der Waals surface area (Å²) in [4.78, 5) is 10.3. The Bertz CT molecular complexity index is 138. The smallest absolute Gasteiger partial charge is 0.296 e. The Balaban J connectivity index is 3.64.